The minimum atomic E-state index is -0.797. The number of aliphatic hydroxyl groups is 1. The highest BCUT2D eigenvalue weighted by atomic mass is 35.5. The molecule has 1 N–H and O–H groups in total. The van der Waals surface area contributed by atoms with Crippen LogP contribution in [-0.2, 0) is 4.74 Å². The molecule has 0 spiro atoms. The normalized spacial score (nSPS) is 28.1. The van der Waals surface area contributed by atoms with E-state index in [4.69, 9.17) is 16.3 Å². The van der Waals surface area contributed by atoms with Gasteiger partial charge in [-0.3, -0.25) is 9.69 Å². The van der Waals surface area contributed by atoms with Crippen molar-refractivity contribution in [2.45, 2.75) is 25.9 Å². The molecular formula is C17H25ClN2O3S. The number of hydrogen-bond donors (Lipinski definition) is 1. The number of amides is 1. The van der Waals surface area contributed by atoms with Crippen LogP contribution in [0.3, 0.4) is 0 Å². The molecule has 0 radical (unpaired) electrons. The Bertz CT molecular complexity index is 600. The van der Waals surface area contributed by atoms with E-state index in [1.54, 1.807) is 12.1 Å². The van der Waals surface area contributed by atoms with E-state index < -0.39 is 5.60 Å². The van der Waals surface area contributed by atoms with Gasteiger partial charge in [-0.1, -0.05) is 25.4 Å². The van der Waals surface area contributed by atoms with Gasteiger partial charge in [0.15, 0.2) is 0 Å². The fourth-order valence-electron chi connectivity index (χ4n) is 3.54. The molecule has 0 saturated carbocycles. The van der Waals surface area contributed by atoms with Crippen molar-refractivity contribution in [3.8, 4) is 0 Å². The number of likely N-dealkylation sites (tertiary alicyclic amines) is 1. The third-order valence-electron chi connectivity index (χ3n) is 5.30. The van der Waals surface area contributed by atoms with Crippen molar-refractivity contribution in [1.29, 1.82) is 0 Å². The Kier molecular flexibility index (Phi) is 5.23. The van der Waals surface area contributed by atoms with Gasteiger partial charge in [0.25, 0.3) is 5.91 Å². The summed E-state index contributed by atoms with van der Waals surface area (Å²) in [6.07, 6.45) is 0.586. The zero-order valence-corrected chi connectivity index (χ0v) is 15.8. The van der Waals surface area contributed by atoms with Gasteiger partial charge in [-0.25, -0.2) is 0 Å². The molecule has 3 heterocycles. The van der Waals surface area contributed by atoms with Crippen molar-refractivity contribution >= 4 is 28.8 Å². The number of carbonyl (C=O) groups is 1. The van der Waals surface area contributed by atoms with Gasteiger partial charge in [0.1, 0.15) is 0 Å². The maximum atomic E-state index is 12.7. The van der Waals surface area contributed by atoms with Crippen LogP contribution in [0.25, 0.3) is 0 Å². The largest absolute Gasteiger partial charge is 0.388 e. The quantitative estimate of drug-likeness (QED) is 0.884. The van der Waals surface area contributed by atoms with Crippen molar-refractivity contribution in [2.75, 3.05) is 45.9 Å². The first kappa shape index (κ1) is 18.1. The van der Waals surface area contributed by atoms with Crippen LogP contribution in [0.15, 0.2) is 12.1 Å². The van der Waals surface area contributed by atoms with Gasteiger partial charge in [0, 0.05) is 38.1 Å². The highest BCUT2D eigenvalue weighted by Crippen LogP contribution is 2.40. The average molecular weight is 373 g/mol. The smallest absolute Gasteiger partial charge is 0.263 e. The molecule has 24 heavy (non-hydrogen) atoms. The van der Waals surface area contributed by atoms with Crippen molar-refractivity contribution in [2.24, 2.45) is 5.41 Å². The van der Waals surface area contributed by atoms with Crippen LogP contribution in [0.4, 0.5) is 0 Å². The van der Waals surface area contributed by atoms with E-state index in [-0.39, 0.29) is 11.3 Å². The molecule has 7 heteroatoms. The van der Waals surface area contributed by atoms with Crippen molar-refractivity contribution in [3.05, 3.63) is 21.3 Å². The predicted octanol–water partition coefficient (Wildman–Crippen LogP) is 2.34. The molecule has 0 unspecified atom stereocenters. The topological polar surface area (TPSA) is 53.0 Å². The molecule has 5 nitrogen and oxygen atoms in total. The summed E-state index contributed by atoms with van der Waals surface area (Å²) in [7, 11) is 0. The maximum absolute atomic E-state index is 12.7. The first-order valence-electron chi connectivity index (χ1n) is 8.38. The average Bonchev–Trinajstić information content (AvgIpc) is 2.97. The van der Waals surface area contributed by atoms with E-state index >= 15 is 0 Å². The van der Waals surface area contributed by atoms with Gasteiger partial charge < -0.3 is 14.7 Å². The third-order valence-corrected chi connectivity index (χ3v) is 6.52. The van der Waals surface area contributed by atoms with Crippen LogP contribution in [0.5, 0.6) is 0 Å². The third kappa shape index (κ3) is 3.63. The lowest BCUT2D eigenvalue weighted by Crippen LogP contribution is -2.63. The van der Waals surface area contributed by atoms with E-state index in [2.05, 4.69) is 4.90 Å². The van der Waals surface area contributed by atoms with Gasteiger partial charge in [0.2, 0.25) is 0 Å². The molecule has 3 rings (SSSR count). The van der Waals surface area contributed by atoms with Crippen LogP contribution < -0.4 is 0 Å². The first-order valence-corrected chi connectivity index (χ1v) is 9.57. The van der Waals surface area contributed by atoms with Crippen LogP contribution in [0, 0.1) is 5.41 Å². The van der Waals surface area contributed by atoms with Crippen LogP contribution in [-0.4, -0.2) is 72.4 Å². The minimum Gasteiger partial charge on any atom is -0.388 e. The van der Waals surface area contributed by atoms with Crippen LogP contribution in [0.1, 0.15) is 29.9 Å². The number of morpholine rings is 1. The Hall–Kier alpha value is -0.660. The summed E-state index contributed by atoms with van der Waals surface area (Å²) in [5, 5.41) is 11.3. The first-order chi connectivity index (χ1) is 11.3. The molecule has 2 fully saturated rings. The standard InChI is InChI=1S/C17H25ClN2O3S/c1-16(2)11-20(15(21)13-3-4-14(18)24-13)6-5-17(16,22)12-19-7-9-23-10-8-19/h3-4,22H,5-12H2,1-2H3/t17-/m0/s1. The SMILES string of the molecule is CC1(C)CN(C(=O)c2ccc(Cl)s2)CC[C@]1(O)CN1CCOCC1. The Morgan fingerprint density at radius 3 is 2.62 bits per heavy atom. The van der Waals surface area contributed by atoms with Gasteiger partial charge in [-0.2, -0.15) is 0 Å². The van der Waals surface area contributed by atoms with Crippen molar-refractivity contribution < 1.29 is 14.6 Å². The number of β-amino-alcohol motifs (C(OH)–C–C–N with tert-alkyl or cyclic N) is 1. The Morgan fingerprint density at radius 1 is 1.33 bits per heavy atom. The summed E-state index contributed by atoms with van der Waals surface area (Å²) in [5.74, 6) is 0.00778. The van der Waals surface area contributed by atoms with Gasteiger partial charge >= 0.3 is 0 Å². The summed E-state index contributed by atoms with van der Waals surface area (Å²) < 4.78 is 6.01. The highest BCUT2D eigenvalue weighted by Gasteiger charge is 2.49. The summed E-state index contributed by atoms with van der Waals surface area (Å²) in [5.41, 5.74) is -1.17. The Morgan fingerprint density at radius 2 is 2.04 bits per heavy atom. The fraction of sp³-hybridized carbons (Fsp3) is 0.706. The zero-order chi connectivity index (χ0) is 17.4. The molecule has 2 saturated heterocycles. The number of carbonyl (C=O) groups excluding carboxylic acids is 1. The number of ether oxygens (including phenoxy) is 1. The number of halogens is 1. The minimum absolute atomic E-state index is 0.00778. The molecule has 0 bridgehead atoms. The van der Waals surface area contributed by atoms with Crippen LogP contribution >= 0.6 is 22.9 Å². The van der Waals surface area contributed by atoms with E-state index in [9.17, 15) is 9.90 Å². The second-order valence-electron chi connectivity index (χ2n) is 7.38. The lowest BCUT2D eigenvalue weighted by molar-refractivity contribution is -0.133. The van der Waals surface area contributed by atoms with E-state index in [1.165, 1.54) is 11.3 Å². The second kappa shape index (κ2) is 6.92. The number of hydrogen-bond acceptors (Lipinski definition) is 5. The van der Waals surface area contributed by atoms with E-state index in [0.29, 0.717) is 35.3 Å². The van der Waals surface area contributed by atoms with Gasteiger partial charge in [-0.15, -0.1) is 11.3 Å². The molecule has 134 valence electrons. The van der Waals surface area contributed by atoms with E-state index in [1.807, 2.05) is 18.7 Å². The molecule has 1 aromatic rings. The second-order valence-corrected chi connectivity index (χ2v) is 9.10. The molecule has 0 aliphatic carbocycles. The lowest BCUT2D eigenvalue weighted by Gasteiger charge is -2.52. The Balaban J connectivity index is 1.68. The molecule has 1 aromatic heterocycles. The zero-order valence-electron chi connectivity index (χ0n) is 14.3. The van der Waals surface area contributed by atoms with Crippen LogP contribution in [0.2, 0.25) is 4.34 Å². The van der Waals surface area contributed by atoms with Crippen molar-refractivity contribution in [3.63, 3.8) is 0 Å². The molecule has 1 amide bonds. The molecule has 2 aliphatic rings. The van der Waals surface area contributed by atoms with Gasteiger partial charge in [0.05, 0.1) is 28.0 Å². The molecule has 2 aliphatic heterocycles. The predicted molar refractivity (Wildman–Crippen MR) is 95.8 cm³/mol. The fourth-order valence-corrected chi connectivity index (χ4v) is 4.55. The van der Waals surface area contributed by atoms with Crippen molar-refractivity contribution in [1.82, 2.24) is 9.80 Å². The summed E-state index contributed by atoms with van der Waals surface area (Å²) in [6.45, 7) is 9.00. The molecule has 0 aromatic carbocycles. The molecule has 1 atom stereocenters. The molecular weight excluding hydrogens is 348 g/mol. The maximum Gasteiger partial charge on any atom is 0.263 e. The number of thiophene rings is 1. The van der Waals surface area contributed by atoms with E-state index in [0.717, 1.165) is 26.3 Å². The summed E-state index contributed by atoms with van der Waals surface area (Å²) >= 11 is 7.25. The highest BCUT2D eigenvalue weighted by molar-refractivity contribution is 7.17. The number of piperidine rings is 1. The summed E-state index contributed by atoms with van der Waals surface area (Å²) in [4.78, 5) is 17.4. The lowest BCUT2D eigenvalue weighted by atomic mass is 9.69. The van der Waals surface area contributed by atoms with Gasteiger partial charge in [-0.05, 0) is 18.6 Å². The number of rotatable bonds is 3. The summed E-state index contributed by atoms with van der Waals surface area (Å²) in [6, 6.07) is 3.53. The monoisotopic (exact) mass is 372 g/mol. The Labute approximate surface area is 152 Å². The number of nitrogens with zero attached hydrogens (tertiary/aromatic N) is 2.